The Morgan fingerprint density at radius 2 is 1.73 bits per heavy atom. The van der Waals surface area contributed by atoms with Gasteiger partial charge in [0.25, 0.3) is 15.9 Å². The van der Waals surface area contributed by atoms with Gasteiger partial charge >= 0.3 is 0 Å². The van der Waals surface area contributed by atoms with Gasteiger partial charge < -0.3 is 9.64 Å². The molecule has 6 nitrogen and oxygen atoms in total. The van der Waals surface area contributed by atoms with Crippen molar-refractivity contribution in [3.8, 4) is 5.75 Å². The molecular weight excluding hydrogens is 504 g/mol. The lowest BCUT2D eigenvalue weighted by Crippen LogP contribution is -2.39. The summed E-state index contributed by atoms with van der Waals surface area (Å²) < 4.78 is 34.7. The third kappa shape index (κ3) is 5.23. The van der Waals surface area contributed by atoms with Gasteiger partial charge in [0.1, 0.15) is 5.75 Å². The van der Waals surface area contributed by atoms with Gasteiger partial charge in [0.2, 0.25) is 0 Å². The molecule has 1 amide bonds. The molecule has 1 atom stereocenters. The normalized spacial score (nSPS) is 15.3. The molecule has 33 heavy (non-hydrogen) atoms. The van der Waals surface area contributed by atoms with Gasteiger partial charge in [0.05, 0.1) is 4.90 Å². The molecule has 3 aromatic rings. The van der Waals surface area contributed by atoms with E-state index in [0.29, 0.717) is 11.4 Å². The summed E-state index contributed by atoms with van der Waals surface area (Å²) in [6.45, 7) is 5.71. The first-order valence-electron chi connectivity index (χ1n) is 10.6. The van der Waals surface area contributed by atoms with Crippen LogP contribution in [0.5, 0.6) is 5.75 Å². The smallest absolute Gasteiger partial charge is 0.265 e. The lowest BCUT2D eigenvalue weighted by molar-refractivity contribution is -0.120. The maximum atomic E-state index is 12.8. The summed E-state index contributed by atoms with van der Waals surface area (Å²) in [6.07, 6.45) is 0.792. The lowest BCUT2D eigenvalue weighted by Gasteiger charge is -2.22. The maximum Gasteiger partial charge on any atom is 0.265 e. The summed E-state index contributed by atoms with van der Waals surface area (Å²) >= 11 is 3.47. The monoisotopic (exact) mass is 528 g/mol. The maximum absolute atomic E-state index is 12.8. The summed E-state index contributed by atoms with van der Waals surface area (Å²) in [7, 11) is -3.74. The number of amides is 1. The van der Waals surface area contributed by atoms with Gasteiger partial charge in [-0.2, -0.15) is 0 Å². The number of anilines is 2. The number of hydrogen-bond acceptors (Lipinski definition) is 4. The molecule has 0 aliphatic carbocycles. The van der Waals surface area contributed by atoms with Gasteiger partial charge in [-0.15, -0.1) is 0 Å². The topological polar surface area (TPSA) is 75.7 Å². The van der Waals surface area contributed by atoms with Gasteiger partial charge in [-0.3, -0.25) is 9.52 Å². The number of sulfonamides is 1. The molecule has 0 aromatic heterocycles. The van der Waals surface area contributed by atoms with Crippen molar-refractivity contribution < 1.29 is 17.9 Å². The number of carbonyl (C=O) groups excluding carboxylic acids is 1. The molecule has 4 rings (SSSR count). The van der Waals surface area contributed by atoms with Crippen molar-refractivity contribution >= 4 is 43.2 Å². The first-order valence-corrected chi connectivity index (χ1v) is 12.8. The van der Waals surface area contributed by atoms with Gasteiger partial charge in [-0.25, -0.2) is 8.42 Å². The zero-order valence-corrected chi connectivity index (χ0v) is 21.0. The highest BCUT2D eigenvalue weighted by Crippen LogP contribution is 2.34. The third-order valence-electron chi connectivity index (χ3n) is 5.50. The summed E-state index contributed by atoms with van der Waals surface area (Å²) in [5.41, 5.74) is 4.49. The van der Waals surface area contributed by atoms with Crippen LogP contribution in [0.2, 0.25) is 0 Å². The van der Waals surface area contributed by atoms with Crippen molar-refractivity contribution in [3.63, 3.8) is 0 Å². The Balaban J connectivity index is 1.41. The second-order valence-corrected chi connectivity index (χ2v) is 10.9. The van der Waals surface area contributed by atoms with E-state index in [2.05, 4.69) is 20.7 Å². The Bertz CT molecular complexity index is 1290. The van der Waals surface area contributed by atoms with Crippen molar-refractivity contribution in [1.29, 1.82) is 0 Å². The number of nitrogens with one attached hydrogen (secondary N) is 1. The second kappa shape index (κ2) is 9.19. The van der Waals surface area contributed by atoms with E-state index in [9.17, 15) is 13.2 Å². The number of ether oxygens (including phenoxy) is 1. The predicted molar refractivity (Wildman–Crippen MR) is 133 cm³/mol. The molecule has 1 aliphatic rings. The van der Waals surface area contributed by atoms with Gasteiger partial charge in [-0.05, 0) is 98.5 Å². The number of rotatable bonds is 6. The molecule has 1 N–H and O–H groups in total. The average Bonchev–Trinajstić information content (AvgIpc) is 3.06. The van der Waals surface area contributed by atoms with Crippen LogP contribution >= 0.6 is 15.9 Å². The molecule has 0 bridgehead atoms. The summed E-state index contributed by atoms with van der Waals surface area (Å²) in [6, 6.07) is 17.5. The second-order valence-electron chi connectivity index (χ2n) is 8.33. The Hall–Kier alpha value is -2.84. The average molecular weight is 529 g/mol. The van der Waals surface area contributed by atoms with E-state index >= 15 is 0 Å². The fraction of sp³-hybridized carbons (Fsp3) is 0.240. The minimum Gasteiger partial charge on any atom is -0.484 e. The van der Waals surface area contributed by atoms with Crippen LogP contribution in [-0.4, -0.2) is 27.0 Å². The number of fused-ring (bicyclic) bond motifs is 1. The van der Waals surface area contributed by atoms with Crippen LogP contribution in [0.3, 0.4) is 0 Å². The third-order valence-corrected chi connectivity index (χ3v) is 7.39. The summed E-state index contributed by atoms with van der Waals surface area (Å²) in [5.74, 6) is 0.285. The molecule has 0 saturated carbocycles. The van der Waals surface area contributed by atoms with E-state index in [4.69, 9.17) is 4.74 Å². The molecule has 172 valence electrons. The first-order chi connectivity index (χ1) is 15.6. The van der Waals surface area contributed by atoms with E-state index in [0.717, 1.165) is 33.3 Å². The van der Waals surface area contributed by atoms with Crippen molar-refractivity contribution in [3.05, 3.63) is 81.8 Å². The highest BCUT2D eigenvalue weighted by Gasteiger charge is 2.31. The van der Waals surface area contributed by atoms with Crippen LogP contribution in [0.4, 0.5) is 11.4 Å². The first kappa shape index (κ1) is 23.3. The van der Waals surface area contributed by atoms with Crippen LogP contribution in [0.15, 0.2) is 70.0 Å². The predicted octanol–water partition coefficient (Wildman–Crippen LogP) is 5.22. The van der Waals surface area contributed by atoms with Crippen molar-refractivity contribution in [2.45, 2.75) is 38.1 Å². The number of hydrogen-bond donors (Lipinski definition) is 1. The lowest BCUT2D eigenvalue weighted by atomic mass is 10.1. The zero-order valence-electron chi connectivity index (χ0n) is 18.6. The SMILES string of the molecule is Cc1cc(C)cc(NS(=O)(=O)c2ccc(OCC(=O)N3c4ccc(Br)cc4C[C@@H]3C)cc2)c1. The van der Waals surface area contributed by atoms with Crippen molar-refractivity contribution in [2.24, 2.45) is 0 Å². The largest absolute Gasteiger partial charge is 0.484 e. The standard InChI is InChI=1S/C25H25BrN2O4S/c1-16-10-17(2)12-21(11-16)27-33(30,31)23-7-5-22(6-8-23)32-15-25(29)28-18(3)13-19-14-20(26)4-9-24(19)28/h4-12,14,18,27H,13,15H2,1-3H3/t18-/m0/s1. The van der Waals surface area contributed by atoms with Crippen LogP contribution in [0.1, 0.15) is 23.6 Å². The van der Waals surface area contributed by atoms with E-state index in [1.807, 2.05) is 45.0 Å². The quantitative estimate of drug-likeness (QED) is 0.475. The Morgan fingerprint density at radius 1 is 1.06 bits per heavy atom. The van der Waals surface area contributed by atoms with E-state index in [1.54, 1.807) is 29.2 Å². The fourth-order valence-electron chi connectivity index (χ4n) is 4.16. The molecule has 0 unspecified atom stereocenters. The fourth-order valence-corrected chi connectivity index (χ4v) is 5.61. The molecule has 0 fully saturated rings. The Kier molecular flexibility index (Phi) is 6.50. The van der Waals surface area contributed by atoms with Crippen LogP contribution in [-0.2, 0) is 21.2 Å². The molecule has 0 saturated heterocycles. The molecule has 1 heterocycles. The number of aryl methyl sites for hydroxylation is 2. The highest BCUT2D eigenvalue weighted by atomic mass is 79.9. The van der Waals surface area contributed by atoms with Gasteiger partial charge in [0, 0.05) is 21.9 Å². The molecule has 0 spiro atoms. The summed E-state index contributed by atoms with van der Waals surface area (Å²) in [5, 5.41) is 0. The molecule has 3 aromatic carbocycles. The number of carbonyl (C=O) groups is 1. The van der Waals surface area contributed by atoms with Crippen LogP contribution in [0, 0.1) is 13.8 Å². The van der Waals surface area contributed by atoms with E-state index < -0.39 is 10.0 Å². The molecule has 0 radical (unpaired) electrons. The molecule has 8 heteroatoms. The van der Waals surface area contributed by atoms with Crippen LogP contribution < -0.4 is 14.4 Å². The molecule has 1 aliphatic heterocycles. The van der Waals surface area contributed by atoms with Crippen LogP contribution in [0.25, 0.3) is 0 Å². The minimum atomic E-state index is -3.74. The van der Waals surface area contributed by atoms with Crippen molar-refractivity contribution in [1.82, 2.24) is 0 Å². The highest BCUT2D eigenvalue weighted by molar-refractivity contribution is 9.10. The van der Waals surface area contributed by atoms with Gasteiger partial charge in [0.15, 0.2) is 6.61 Å². The summed E-state index contributed by atoms with van der Waals surface area (Å²) in [4.78, 5) is 14.7. The van der Waals surface area contributed by atoms with Crippen molar-refractivity contribution in [2.75, 3.05) is 16.2 Å². The van der Waals surface area contributed by atoms with E-state index in [1.165, 1.54) is 12.1 Å². The number of benzene rings is 3. The number of nitrogens with zero attached hydrogens (tertiary/aromatic N) is 1. The Morgan fingerprint density at radius 3 is 2.39 bits per heavy atom. The number of halogens is 1. The van der Waals surface area contributed by atoms with E-state index in [-0.39, 0.29) is 23.5 Å². The minimum absolute atomic E-state index is 0.0502. The Labute approximate surface area is 202 Å². The zero-order chi connectivity index (χ0) is 23.8. The van der Waals surface area contributed by atoms with Gasteiger partial charge in [-0.1, -0.05) is 22.0 Å². The molecular formula is C25H25BrN2O4S.